The molecule has 1 aliphatic heterocycles. The van der Waals surface area contributed by atoms with Crippen LogP contribution in [0.15, 0.2) is 6.20 Å². The number of nitrogens with one attached hydrogen (secondary N) is 1. The predicted octanol–water partition coefficient (Wildman–Crippen LogP) is 4.19. The van der Waals surface area contributed by atoms with Gasteiger partial charge < -0.3 is 5.32 Å². The molecule has 10 heteroatoms. The van der Waals surface area contributed by atoms with E-state index >= 15 is 0 Å². The molecule has 2 aliphatic carbocycles. The van der Waals surface area contributed by atoms with Crippen LogP contribution in [0.1, 0.15) is 72.0 Å². The Morgan fingerprint density at radius 3 is 2.71 bits per heavy atom. The molecule has 34 heavy (non-hydrogen) atoms. The van der Waals surface area contributed by atoms with Gasteiger partial charge in [0.2, 0.25) is 17.8 Å². The van der Waals surface area contributed by atoms with Crippen molar-refractivity contribution in [2.75, 3.05) is 13.1 Å². The van der Waals surface area contributed by atoms with Gasteiger partial charge in [-0.05, 0) is 51.0 Å². The number of nitrogens with zero attached hydrogens (tertiary/aromatic N) is 4. The minimum absolute atomic E-state index is 0.0259. The van der Waals surface area contributed by atoms with Gasteiger partial charge in [0, 0.05) is 61.6 Å². The van der Waals surface area contributed by atoms with E-state index in [4.69, 9.17) is 4.98 Å². The van der Waals surface area contributed by atoms with Crippen LogP contribution >= 0.6 is 11.3 Å². The van der Waals surface area contributed by atoms with Gasteiger partial charge in [0.05, 0.1) is 17.1 Å². The van der Waals surface area contributed by atoms with Crippen LogP contribution in [0.3, 0.4) is 0 Å². The molecule has 0 bridgehead atoms. The third-order valence-corrected chi connectivity index (χ3v) is 8.85. The van der Waals surface area contributed by atoms with E-state index in [1.54, 1.807) is 24.6 Å². The maximum Gasteiger partial charge on any atom is 0.249 e. The summed E-state index contributed by atoms with van der Waals surface area (Å²) in [6.45, 7) is 2.85. The van der Waals surface area contributed by atoms with E-state index in [1.807, 2.05) is 0 Å². The molecule has 2 aromatic rings. The maximum absolute atomic E-state index is 13.7. The van der Waals surface area contributed by atoms with Gasteiger partial charge in [0.25, 0.3) is 0 Å². The number of alkyl halides is 2. The Morgan fingerprint density at radius 2 is 2.03 bits per heavy atom. The van der Waals surface area contributed by atoms with Gasteiger partial charge in [-0.1, -0.05) is 0 Å². The van der Waals surface area contributed by atoms with Crippen molar-refractivity contribution in [3.8, 4) is 0 Å². The van der Waals surface area contributed by atoms with E-state index in [0.717, 1.165) is 68.9 Å². The zero-order valence-electron chi connectivity index (χ0n) is 19.5. The molecule has 0 radical (unpaired) electrons. The smallest absolute Gasteiger partial charge is 0.249 e. The van der Waals surface area contributed by atoms with E-state index in [2.05, 4.69) is 15.3 Å². The average molecular weight is 496 g/mol. The summed E-state index contributed by atoms with van der Waals surface area (Å²) >= 11 is 1.64. The highest BCUT2D eigenvalue weighted by Crippen LogP contribution is 2.49. The Kier molecular flexibility index (Phi) is 6.72. The van der Waals surface area contributed by atoms with Crippen molar-refractivity contribution in [1.29, 1.82) is 0 Å². The summed E-state index contributed by atoms with van der Waals surface area (Å²) in [5.41, 5.74) is 1.43. The summed E-state index contributed by atoms with van der Waals surface area (Å²) < 4.78 is 41.5. The Labute approximate surface area is 201 Å². The van der Waals surface area contributed by atoms with Crippen LogP contribution in [0.2, 0.25) is 0 Å². The fourth-order valence-corrected chi connectivity index (χ4v) is 6.68. The predicted molar refractivity (Wildman–Crippen MR) is 123 cm³/mol. The van der Waals surface area contributed by atoms with Crippen LogP contribution < -0.4 is 5.32 Å². The van der Waals surface area contributed by atoms with Crippen LogP contribution in [0.5, 0.6) is 0 Å². The zero-order valence-corrected chi connectivity index (χ0v) is 20.4. The molecule has 186 valence electrons. The van der Waals surface area contributed by atoms with Crippen molar-refractivity contribution in [3.05, 3.63) is 33.3 Å². The van der Waals surface area contributed by atoms with Gasteiger partial charge >= 0.3 is 0 Å². The number of halogens is 3. The second kappa shape index (κ2) is 9.60. The third kappa shape index (κ3) is 5.48. The molecular weight excluding hydrogens is 463 g/mol. The molecule has 3 aliphatic rings. The van der Waals surface area contributed by atoms with Crippen LogP contribution in [-0.4, -0.2) is 50.6 Å². The third-order valence-electron chi connectivity index (χ3n) is 7.53. The molecular formula is C24H32F3N5OS. The monoisotopic (exact) mass is 495 g/mol. The molecule has 0 unspecified atom stereocenters. The summed E-state index contributed by atoms with van der Waals surface area (Å²) in [5, 5.41) is 7.61. The standard InChI is InChI=1S/C24H32F3N5OS/c1-31-13-16(22(25)30-31)10-21(33)28-18-4-2-15(3-5-18)6-8-32-9-7-20-19(14-32)29-23(34-20)17-11-24(26,27)12-17/h13,15,17-18H,2-12,14H2,1H3,(H,28,33). The summed E-state index contributed by atoms with van der Waals surface area (Å²) in [6.07, 6.45) is 7.65. The molecule has 0 aromatic carbocycles. The lowest BCUT2D eigenvalue weighted by Gasteiger charge is -2.33. The number of carbonyl (C=O) groups is 1. The average Bonchev–Trinajstić information content (AvgIpc) is 3.33. The number of hydrogen-bond acceptors (Lipinski definition) is 5. The molecule has 6 nitrogen and oxygen atoms in total. The Bertz CT molecular complexity index is 1020. The van der Waals surface area contributed by atoms with Crippen molar-refractivity contribution < 1.29 is 18.0 Å². The molecule has 2 aromatic heterocycles. The summed E-state index contributed by atoms with van der Waals surface area (Å²) in [6, 6.07) is 0.160. The van der Waals surface area contributed by atoms with Crippen molar-refractivity contribution >= 4 is 17.2 Å². The lowest BCUT2D eigenvalue weighted by atomic mass is 9.82. The van der Waals surface area contributed by atoms with Crippen molar-refractivity contribution in [1.82, 2.24) is 25.0 Å². The number of fused-ring (bicyclic) bond motifs is 1. The first-order valence-electron chi connectivity index (χ1n) is 12.3. The van der Waals surface area contributed by atoms with Gasteiger partial charge in [-0.15, -0.1) is 16.4 Å². The molecule has 0 saturated heterocycles. The quantitative estimate of drug-likeness (QED) is 0.626. The van der Waals surface area contributed by atoms with Gasteiger partial charge in [-0.25, -0.2) is 13.8 Å². The minimum atomic E-state index is -2.50. The lowest BCUT2D eigenvalue weighted by Crippen LogP contribution is -2.39. The normalized spacial score (nSPS) is 25.1. The minimum Gasteiger partial charge on any atom is -0.353 e. The summed E-state index contributed by atoms with van der Waals surface area (Å²) in [4.78, 5) is 20.7. The number of aromatic nitrogens is 3. The van der Waals surface area contributed by atoms with Gasteiger partial charge in [0.1, 0.15) is 0 Å². The zero-order chi connectivity index (χ0) is 23.9. The van der Waals surface area contributed by atoms with Crippen molar-refractivity contribution in [2.45, 2.75) is 82.2 Å². The molecule has 2 saturated carbocycles. The highest BCUT2D eigenvalue weighted by molar-refractivity contribution is 7.11. The fourth-order valence-electron chi connectivity index (χ4n) is 5.52. The highest BCUT2D eigenvalue weighted by atomic mass is 32.1. The van der Waals surface area contributed by atoms with Gasteiger partial charge in [-0.2, -0.15) is 4.39 Å². The van der Waals surface area contributed by atoms with E-state index in [0.29, 0.717) is 11.5 Å². The number of rotatable bonds is 7. The molecule has 5 rings (SSSR count). The Balaban J connectivity index is 1.02. The SMILES string of the molecule is Cn1cc(CC(=O)NC2CCC(CCN3CCc4sc(C5CC(F)(F)C5)nc4C3)CC2)c(F)n1. The first kappa shape index (κ1) is 23.8. The first-order chi connectivity index (χ1) is 16.2. The number of amides is 1. The molecule has 1 N–H and O–H groups in total. The van der Waals surface area contributed by atoms with Crippen LogP contribution in [-0.2, 0) is 31.2 Å². The number of aryl methyl sites for hydroxylation is 1. The number of thiazole rings is 1. The van der Waals surface area contributed by atoms with E-state index in [9.17, 15) is 18.0 Å². The first-order valence-corrected chi connectivity index (χ1v) is 13.1. The lowest BCUT2D eigenvalue weighted by molar-refractivity contribution is -0.121. The van der Waals surface area contributed by atoms with E-state index < -0.39 is 11.9 Å². The molecule has 1 amide bonds. The van der Waals surface area contributed by atoms with E-state index in [-0.39, 0.29) is 37.1 Å². The topological polar surface area (TPSA) is 63.1 Å². The van der Waals surface area contributed by atoms with Gasteiger partial charge in [0.15, 0.2) is 0 Å². The largest absolute Gasteiger partial charge is 0.353 e. The van der Waals surface area contributed by atoms with E-state index in [1.165, 1.54) is 9.56 Å². The van der Waals surface area contributed by atoms with Crippen molar-refractivity contribution in [2.24, 2.45) is 13.0 Å². The van der Waals surface area contributed by atoms with Crippen LogP contribution in [0.25, 0.3) is 0 Å². The maximum atomic E-state index is 13.7. The Morgan fingerprint density at radius 1 is 1.26 bits per heavy atom. The molecule has 0 atom stereocenters. The molecule has 2 fully saturated rings. The summed E-state index contributed by atoms with van der Waals surface area (Å²) in [7, 11) is 1.64. The molecule has 0 spiro atoms. The molecule has 3 heterocycles. The fraction of sp³-hybridized carbons (Fsp3) is 0.708. The second-order valence-electron chi connectivity index (χ2n) is 10.3. The Hall–Kier alpha value is -1.94. The van der Waals surface area contributed by atoms with Crippen LogP contribution in [0.4, 0.5) is 13.2 Å². The highest BCUT2D eigenvalue weighted by Gasteiger charge is 2.47. The van der Waals surface area contributed by atoms with Crippen LogP contribution in [0, 0.1) is 11.9 Å². The number of carbonyl (C=O) groups excluding carboxylic acids is 1. The number of hydrogen-bond donors (Lipinski definition) is 1. The van der Waals surface area contributed by atoms with Gasteiger partial charge in [-0.3, -0.25) is 14.4 Å². The summed E-state index contributed by atoms with van der Waals surface area (Å²) in [5.74, 6) is -2.63. The second-order valence-corrected chi connectivity index (χ2v) is 11.4. The van der Waals surface area contributed by atoms with Crippen molar-refractivity contribution in [3.63, 3.8) is 0 Å².